The molecule has 0 heterocycles. The van der Waals surface area contributed by atoms with Gasteiger partial charge in [-0.1, -0.05) is 84.3 Å². The van der Waals surface area contributed by atoms with Crippen LogP contribution >= 0.6 is 0 Å². The highest BCUT2D eigenvalue weighted by Crippen LogP contribution is 2.77. The lowest BCUT2D eigenvalue weighted by molar-refractivity contribution is -0.228. The number of rotatable bonds is 16. The van der Waals surface area contributed by atoms with Gasteiger partial charge in [-0.15, -0.1) is 0 Å². The SMILES string of the molecule is CC(=O)O[C@@]12[C@H](OC(=O)CCCCCCCCCCCCC(=O)O)[C@@H](C)[C@@]3(O)[C@@H](C=C(CO)C[C@]4(O)C(=O)C(C)=C[C@@H]34)[C@@H]1C2(C)C. The Balaban J connectivity index is 1.44. The first-order valence-corrected chi connectivity index (χ1v) is 17.2. The molecule has 8 atom stereocenters. The minimum absolute atomic E-state index is 0.128. The van der Waals surface area contributed by atoms with E-state index in [-0.39, 0.29) is 19.3 Å². The third-order valence-corrected chi connectivity index (χ3v) is 11.6. The summed E-state index contributed by atoms with van der Waals surface area (Å²) in [4.78, 5) is 49.7. The number of Topliss-reactive ketones (excluding diaryl/α,β-unsaturated/α-hetero) is 1. The van der Waals surface area contributed by atoms with E-state index in [4.69, 9.17) is 14.6 Å². The molecule has 4 aliphatic carbocycles. The number of aliphatic hydroxyl groups is 3. The van der Waals surface area contributed by atoms with E-state index in [1.807, 2.05) is 13.8 Å². The van der Waals surface area contributed by atoms with E-state index in [1.165, 1.54) is 6.92 Å². The maximum absolute atomic E-state index is 13.3. The van der Waals surface area contributed by atoms with Crippen molar-refractivity contribution in [2.75, 3.05) is 6.61 Å². The van der Waals surface area contributed by atoms with Crippen molar-refractivity contribution < 1.29 is 49.1 Å². The number of ketones is 1. The van der Waals surface area contributed by atoms with Gasteiger partial charge in [0, 0.05) is 55.3 Å². The summed E-state index contributed by atoms with van der Waals surface area (Å²) in [6, 6.07) is 0. The number of carboxylic acids is 1. The van der Waals surface area contributed by atoms with Crippen LogP contribution in [-0.4, -0.2) is 73.6 Å². The number of hydrogen-bond acceptors (Lipinski definition) is 9. The Kier molecular flexibility index (Phi) is 11.0. The van der Waals surface area contributed by atoms with Crippen LogP contribution < -0.4 is 0 Å². The van der Waals surface area contributed by atoms with Gasteiger partial charge < -0.3 is 29.9 Å². The quantitative estimate of drug-likeness (QED) is 0.104. The Bertz CT molecular complexity index is 1250. The molecule has 2 fully saturated rings. The number of aliphatic hydroxyl groups excluding tert-OH is 1. The minimum atomic E-state index is -1.95. The van der Waals surface area contributed by atoms with E-state index >= 15 is 0 Å². The summed E-state index contributed by atoms with van der Waals surface area (Å²) in [5.74, 6) is -5.23. The molecule has 4 N–H and O–H groups in total. The number of fused-ring (bicyclic) bond motifs is 5. The van der Waals surface area contributed by atoms with Gasteiger partial charge in [0.1, 0.15) is 11.7 Å². The van der Waals surface area contributed by atoms with Crippen molar-refractivity contribution in [3.8, 4) is 0 Å². The first kappa shape index (κ1) is 36.3. The molecule has 46 heavy (non-hydrogen) atoms. The number of hydrogen-bond donors (Lipinski definition) is 4. The van der Waals surface area contributed by atoms with Crippen molar-refractivity contribution in [1.29, 1.82) is 0 Å². The molecular weight excluding hydrogens is 592 g/mol. The predicted molar refractivity (Wildman–Crippen MR) is 169 cm³/mol. The maximum Gasteiger partial charge on any atom is 0.306 e. The Morgan fingerprint density at radius 2 is 1.46 bits per heavy atom. The molecule has 0 aromatic rings. The highest BCUT2D eigenvalue weighted by molar-refractivity contribution is 6.04. The zero-order chi connectivity index (χ0) is 34.1. The molecule has 4 rings (SSSR count). The molecule has 4 aliphatic rings. The van der Waals surface area contributed by atoms with Crippen LogP contribution in [-0.2, 0) is 28.7 Å². The Labute approximate surface area is 272 Å². The Morgan fingerprint density at radius 1 is 0.913 bits per heavy atom. The highest BCUT2D eigenvalue weighted by Gasteiger charge is 2.87. The average Bonchev–Trinajstić information content (AvgIpc) is 3.40. The van der Waals surface area contributed by atoms with Crippen LogP contribution in [0.2, 0.25) is 0 Å². The predicted octanol–water partition coefficient (Wildman–Crippen LogP) is 4.82. The van der Waals surface area contributed by atoms with Crippen molar-refractivity contribution in [3.63, 3.8) is 0 Å². The van der Waals surface area contributed by atoms with E-state index in [9.17, 15) is 34.5 Å². The molecule has 0 aliphatic heterocycles. The third-order valence-electron chi connectivity index (χ3n) is 11.6. The van der Waals surface area contributed by atoms with Crippen LogP contribution in [0.1, 0.15) is 118 Å². The van der Waals surface area contributed by atoms with Gasteiger partial charge in [-0.3, -0.25) is 19.2 Å². The van der Waals surface area contributed by atoms with Crippen molar-refractivity contribution in [1.82, 2.24) is 0 Å². The third kappa shape index (κ3) is 6.33. The first-order chi connectivity index (χ1) is 21.6. The molecule has 0 amide bonds. The fraction of sp³-hybridized carbons (Fsp3) is 0.778. The number of ether oxygens (including phenoxy) is 2. The second kappa shape index (κ2) is 13.9. The summed E-state index contributed by atoms with van der Waals surface area (Å²) in [7, 11) is 0. The lowest BCUT2D eigenvalue weighted by atomic mass is 9.59. The van der Waals surface area contributed by atoms with Crippen molar-refractivity contribution in [2.45, 2.75) is 141 Å². The van der Waals surface area contributed by atoms with E-state index in [0.717, 1.165) is 57.8 Å². The molecule has 258 valence electrons. The Hall–Kier alpha value is -2.56. The van der Waals surface area contributed by atoms with Crippen LogP contribution in [0.25, 0.3) is 0 Å². The van der Waals surface area contributed by atoms with Gasteiger partial charge in [-0.2, -0.15) is 0 Å². The summed E-state index contributed by atoms with van der Waals surface area (Å²) >= 11 is 0. The topological polar surface area (TPSA) is 168 Å². The molecule has 0 bridgehead atoms. The smallest absolute Gasteiger partial charge is 0.306 e. The maximum atomic E-state index is 13.3. The number of esters is 2. The number of carbonyl (C=O) groups excluding carboxylic acids is 3. The summed E-state index contributed by atoms with van der Waals surface area (Å²) in [6.45, 7) is 8.09. The van der Waals surface area contributed by atoms with E-state index in [2.05, 4.69) is 0 Å². The minimum Gasteiger partial charge on any atom is -0.481 e. The second-order valence-electron chi connectivity index (χ2n) is 14.9. The van der Waals surface area contributed by atoms with Gasteiger partial charge in [0.15, 0.2) is 11.4 Å². The van der Waals surface area contributed by atoms with Crippen LogP contribution in [0.15, 0.2) is 23.3 Å². The molecule has 0 aromatic carbocycles. The van der Waals surface area contributed by atoms with Gasteiger partial charge in [0.05, 0.1) is 12.2 Å². The Morgan fingerprint density at radius 3 is 1.98 bits per heavy atom. The summed E-state index contributed by atoms with van der Waals surface area (Å²) < 4.78 is 12.2. The summed E-state index contributed by atoms with van der Waals surface area (Å²) in [5.41, 5.74) is -4.86. The molecular formula is C36H54O10. The largest absolute Gasteiger partial charge is 0.481 e. The molecule has 2 saturated carbocycles. The number of aliphatic carboxylic acids is 1. The fourth-order valence-corrected chi connectivity index (χ4v) is 9.22. The van der Waals surface area contributed by atoms with Crippen LogP contribution in [0, 0.1) is 29.1 Å². The standard InChI is InChI=1S/C36H54O10/c1-22-18-27-34(43,31(22)42)20-25(21-37)19-26-30-33(4,5)36(30,46-24(3)38)32(23(2)35(26,27)44)45-29(41)17-15-13-11-9-7-6-8-10-12-14-16-28(39)40/h18-19,23,26-27,30,32,37,43-44H,6-17,20-21H2,1-5H3,(H,39,40)/t23-,26+,27-,30-,32-,34-,35-,36-/m1/s1. The second-order valence-corrected chi connectivity index (χ2v) is 14.9. The van der Waals surface area contributed by atoms with Gasteiger partial charge in [0.2, 0.25) is 0 Å². The summed E-state index contributed by atoms with van der Waals surface area (Å²) in [6.07, 6.45) is 12.2. The van der Waals surface area contributed by atoms with Crippen LogP contribution in [0.3, 0.4) is 0 Å². The van der Waals surface area contributed by atoms with Crippen LogP contribution in [0.5, 0.6) is 0 Å². The average molecular weight is 647 g/mol. The van der Waals surface area contributed by atoms with Gasteiger partial charge in [-0.05, 0) is 30.9 Å². The normalized spacial score (nSPS) is 35.6. The molecule has 0 aromatic heterocycles. The van der Waals surface area contributed by atoms with Crippen molar-refractivity contribution in [2.24, 2.45) is 29.1 Å². The van der Waals surface area contributed by atoms with Gasteiger partial charge in [0.25, 0.3) is 0 Å². The zero-order valence-corrected chi connectivity index (χ0v) is 28.2. The molecule has 0 radical (unpaired) electrons. The van der Waals surface area contributed by atoms with Crippen molar-refractivity contribution >= 4 is 23.7 Å². The van der Waals surface area contributed by atoms with Crippen molar-refractivity contribution in [3.05, 3.63) is 23.3 Å². The summed E-state index contributed by atoms with van der Waals surface area (Å²) in [5, 5.41) is 43.5. The number of carboxylic acid groups (broad SMARTS) is 1. The highest BCUT2D eigenvalue weighted by atomic mass is 16.6. The zero-order valence-electron chi connectivity index (χ0n) is 28.2. The monoisotopic (exact) mass is 646 g/mol. The molecule has 10 heteroatoms. The lowest BCUT2D eigenvalue weighted by Gasteiger charge is -2.53. The molecule has 0 spiro atoms. The molecule has 10 nitrogen and oxygen atoms in total. The number of carbonyl (C=O) groups is 4. The number of unbranched alkanes of at least 4 members (excludes halogenated alkanes) is 9. The van der Waals surface area contributed by atoms with E-state index in [0.29, 0.717) is 17.6 Å². The molecule has 0 unspecified atom stereocenters. The first-order valence-electron chi connectivity index (χ1n) is 17.2. The fourth-order valence-electron chi connectivity index (χ4n) is 9.22. The molecule has 0 saturated heterocycles. The van der Waals surface area contributed by atoms with Gasteiger partial charge in [-0.25, -0.2) is 0 Å². The van der Waals surface area contributed by atoms with Crippen LogP contribution in [0.4, 0.5) is 0 Å². The lowest BCUT2D eigenvalue weighted by Crippen LogP contribution is -2.66. The van der Waals surface area contributed by atoms with E-state index < -0.39 is 82.3 Å². The van der Waals surface area contributed by atoms with E-state index in [1.54, 1.807) is 26.0 Å². The van der Waals surface area contributed by atoms with Gasteiger partial charge >= 0.3 is 17.9 Å².